The maximum absolute atomic E-state index is 10.5. The maximum atomic E-state index is 10.5. The van der Waals surface area contributed by atoms with E-state index in [1.54, 1.807) is 0 Å². The lowest BCUT2D eigenvalue weighted by Gasteiger charge is -2.20. The first-order valence-electron chi connectivity index (χ1n) is 5.67. The van der Waals surface area contributed by atoms with Gasteiger partial charge in [-0.2, -0.15) is 18.2 Å². The van der Waals surface area contributed by atoms with Crippen LogP contribution in [0.2, 0.25) is 0 Å². The molecular formula is C10H14N2O8S. The molecule has 1 aromatic rings. The third-order valence-corrected chi connectivity index (χ3v) is 2.70. The van der Waals surface area contributed by atoms with Crippen molar-refractivity contribution in [3.05, 3.63) is 34.4 Å². The highest BCUT2D eigenvalue weighted by Crippen LogP contribution is 2.18. The molecule has 2 atom stereocenters. The van der Waals surface area contributed by atoms with E-state index >= 15 is 0 Å². The lowest BCUT2D eigenvalue weighted by molar-refractivity contribution is -0.384. The fourth-order valence-electron chi connectivity index (χ4n) is 1.30. The predicted molar refractivity (Wildman–Crippen MR) is 69.8 cm³/mol. The molecule has 11 heteroatoms. The van der Waals surface area contributed by atoms with Crippen molar-refractivity contribution in [3.8, 4) is 5.75 Å². The summed E-state index contributed by atoms with van der Waals surface area (Å²) in [5.41, 5.74) is 1.76. The number of hydrogen-bond acceptors (Lipinski definition) is 8. The zero-order valence-electron chi connectivity index (χ0n) is 10.9. The van der Waals surface area contributed by atoms with E-state index < -0.39 is 27.5 Å². The summed E-state index contributed by atoms with van der Waals surface area (Å²) in [5, 5.41) is 20.1. The predicted octanol–water partition coefficient (Wildman–Crippen LogP) is 0.0470. The van der Waals surface area contributed by atoms with Gasteiger partial charge < -0.3 is 9.84 Å². The molecule has 0 aromatic heterocycles. The number of hydroxylamine groups is 1. The molecule has 3 N–H and O–H groups in total. The first-order chi connectivity index (χ1) is 9.69. The summed E-state index contributed by atoms with van der Waals surface area (Å²) in [6.45, 7) is 1.18. The number of hydrogen-bond donors (Lipinski definition) is 3. The molecule has 0 bridgehead atoms. The molecular weight excluding hydrogens is 308 g/mol. The summed E-state index contributed by atoms with van der Waals surface area (Å²) in [6, 6.07) is 5.22. The molecule has 10 nitrogen and oxygen atoms in total. The Morgan fingerprint density at radius 2 is 1.95 bits per heavy atom. The zero-order chi connectivity index (χ0) is 16.0. The Labute approximate surface area is 120 Å². The highest BCUT2D eigenvalue weighted by atomic mass is 32.3. The minimum Gasteiger partial charge on any atom is -0.488 e. The van der Waals surface area contributed by atoms with Gasteiger partial charge in [0.1, 0.15) is 18.0 Å². The number of non-ortho nitro benzene ring substituents is 1. The van der Waals surface area contributed by atoms with Crippen molar-refractivity contribution in [1.29, 1.82) is 0 Å². The summed E-state index contributed by atoms with van der Waals surface area (Å²) in [7, 11) is -4.64. The van der Waals surface area contributed by atoms with E-state index in [1.165, 1.54) is 31.2 Å². The highest BCUT2D eigenvalue weighted by molar-refractivity contribution is 7.80. The summed E-state index contributed by atoms with van der Waals surface area (Å²) in [6.07, 6.45) is -1.91. The van der Waals surface area contributed by atoms with Gasteiger partial charge in [0.2, 0.25) is 0 Å². The van der Waals surface area contributed by atoms with E-state index in [0.29, 0.717) is 5.75 Å². The van der Waals surface area contributed by atoms with Crippen LogP contribution in [0.1, 0.15) is 6.92 Å². The van der Waals surface area contributed by atoms with Crippen molar-refractivity contribution in [1.82, 2.24) is 5.48 Å². The molecule has 1 rings (SSSR count). The van der Waals surface area contributed by atoms with Crippen molar-refractivity contribution < 1.29 is 32.0 Å². The number of nitrogens with one attached hydrogen (secondary N) is 1. The monoisotopic (exact) mass is 322 g/mol. The lowest BCUT2D eigenvalue weighted by atomic mass is 10.2. The summed E-state index contributed by atoms with van der Waals surface area (Å²) >= 11 is 0. The maximum Gasteiger partial charge on any atom is 0.413 e. The first-order valence-corrected chi connectivity index (χ1v) is 7.03. The molecule has 0 radical (unpaired) electrons. The van der Waals surface area contributed by atoms with E-state index in [9.17, 15) is 23.6 Å². The van der Waals surface area contributed by atoms with E-state index in [-0.39, 0.29) is 12.2 Å². The van der Waals surface area contributed by atoms with Gasteiger partial charge in [-0.3, -0.25) is 14.7 Å². The minimum atomic E-state index is -4.64. The molecule has 0 spiro atoms. The number of benzene rings is 1. The van der Waals surface area contributed by atoms with Crippen LogP contribution in [-0.2, 0) is 14.7 Å². The Balaban J connectivity index is 2.48. The van der Waals surface area contributed by atoms with Gasteiger partial charge in [-0.15, -0.1) is 0 Å². The van der Waals surface area contributed by atoms with E-state index in [0.717, 1.165) is 0 Å². The Morgan fingerprint density at radius 3 is 2.43 bits per heavy atom. The van der Waals surface area contributed by atoms with Gasteiger partial charge in [0.15, 0.2) is 0 Å². The fraction of sp³-hybridized carbons (Fsp3) is 0.400. The van der Waals surface area contributed by atoms with E-state index in [1.807, 2.05) is 5.48 Å². The Bertz CT molecular complexity index is 573. The molecule has 21 heavy (non-hydrogen) atoms. The lowest BCUT2D eigenvalue weighted by Crippen LogP contribution is -2.38. The minimum absolute atomic E-state index is 0.0984. The summed E-state index contributed by atoms with van der Waals surface area (Å²) < 4.78 is 38.0. The second-order valence-electron chi connectivity index (χ2n) is 4.00. The average molecular weight is 322 g/mol. The number of nitrogens with zero attached hydrogens (tertiary/aromatic N) is 1. The van der Waals surface area contributed by atoms with Crippen LogP contribution in [0.4, 0.5) is 5.69 Å². The molecule has 2 unspecified atom stereocenters. The van der Waals surface area contributed by atoms with Crippen LogP contribution in [0, 0.1) is 10.1 Å². The molecule has 0 aliphatic carbocycles. The summed E-state index contributed by atoms with van der Waals surface area (Å²) in [4.78, 5) is 9.92. The number of ether oxygens (including phenoxy) is 1. The number of aliphatic hydroxyl groups is 1. The van der Waals surface area contributed by atoms with Gasteiger partial charge in [0, 0.05) is 12.1 Å². The first kappa shape index (κ1) is 17.3. The van der Waals surface area contributed by atoms with Crippen LogP contribution in [-0.4, -0.2) is 41.8 Å². The molecule has 0 aliphatic heterocycles. The van der Waals surface area contributed by atoms with Crippen LogP contribution in [0.15, 0.2) is 24.3 Å². The molecule has 0 saturated carbocycles. The Kier molecular flexibility index (Phi) is 5.99. The largest absolute Gasteiger partial charge is 0.488 e. The van der Waals surface area contributed by atoms with Crippen molar-refractivity contribution in [2.75, 3.05) is 6.54 Å². The molecule has 0 amide bonds. The van der Waals surface area contributed by atoms with Crippen LogP contribution in [0.5, 0.6) is 5.75 Å². The second kappa shape index (κ2) is 7.28. The third-order valence-electron chi connectivity index (χ3n) is 2.37. The zero-order valence-corrected chi connectivity index (χ0v) is 11.7. The van der Waals surface area contributed by atoms with Crippen LogP contribution in [0.3, 0.4) is 0 Å². The number of nitro benzene ring substituents is 1. The van der Waals surface area contributed by atoms with Crippen LogP contribution < -0.4 is 10.2 Å². The van der Waals surface area contributed by atoms with Crippen molar-refractivity contribution in [2.45, 2.75) is 19.1 Å². The molecule has 0 saturated heterocycles. The number of nitro groups is 1. The SMILES string of the molecule is CC(Oc1ccc([N+](=O)[O-])cc1)C(O)CNOS(=O)(=O)O. The smallest absolute Gasteiger partial charge is 0.413 e. The van der Waals surface area contributed by atoms with Gasteiger partial charge in [-0.25, -0.2) is 0 Å². The van der Waals surface area contributed by atoms with Crippen LogP contribution in [0.25, 0.3) is 0 Å². The quantitative estimate of drug-likeness (QED) is 0.343. The van der Waals surface area contributed by atoms with Gasteiger partial charge in [-0.1, -0.05) is 0 Å². The standard InChI is InChI=1S/C10H14N2O8S/c1-7(10(13)6-11-20-21(16,17)18)19-9-4-2-8(3-5-9)12(14)15/h2-5,7,10-11,13H,6H2,1H3,(H,16,17,18). The average Bonchev–Trinajstić information content (AvgIpc) is 2.37. The van der Waals surface area contributed by atoms with Gasteiger partial charge in [-0.05, 0) is 19.1 Å². The highest BCUT2D eigenvalue weighted by Gasteiger charge is 2.17. The fourth-order valence-corrected chi connectivity index (χ4v) is 1.52. The Hall–Kier alpha value is -1.79. The molecule has 0 aliphatic rings. The Morgan fingerprint density at radius 1 is 1.38 bits per heavy atom. The van der Waals surface area contributed by atoms with E-state index in [4.69, 9.17) is 9.29 Å². The number of rotatable bonds is 8. The van der Waals surface area contributed by atoms with Crippen molar-refractivity contribution in [2.24, 2.45) is 0 Å². The molecule has 1 aromatic carbocycles. The van der Waals surface area contributed by atoms with Crippen molar-refractivity contribution >= 4 is 16.1 Å². The van der Waals surface area contributed by atoms with Crippen LogP contribution >= 0.6 is 0 Å². The van der Waals surface area contributed by atoms with E-state index in [2.05, 4.69) is 4.28 Å². The normalized spacial score (nSPS) is 14.4. The van der Waals surface area contributed by atoms with Gasteiger partial charge in [0.05, 0.1) is 11.5 Å². The third kappa shape index (κ3) is 6.46. The summed E-state index contributed by atoms with van der Waals surface area (Å²) in [5.74, 6) is 0.294. The topological polar surface area (TPSA) is 148 Å². The van der Waals surface area contributed by atoms with Gasteiger partial charge in [0.25, 0.3) is 5.69 Å². The number of aliphatic hydroxyl groups excluding tert-OH is 1. The van der Waals surface area contributed by atoms with Gasteiger partial charge >= 0.3 is 10.4 Å². The molecule has 118 valence electrons. The molecule has 0 fully saturated rings. The van der Waals surface area contributed by atoms with Crippen molar-refractivity contribution in [3.63, 3.8) is 0 Å². The second-order valence-corrected chi connectivity index (χ2v) is 5.02. The molecule has 0 heterocycles.